The molecule has 1 saturated heterocycles. The Bertz CT molecular complexity index is 1320. The van der Waals surface area contributed by atoms with Gasteiger partial charge in [-0.25, -0.2) is 0 Å². The normalized spacial score (nSPS) is 18.2. The Labute approximate surface area is 177 Å². The number of hydrogen-bond acceptors (Lipinski definition) is 5. The number of likely N-dealkylation sites (tertiary alicyclic amines) is 1. The number of hydrogen-bond donors (Lipinski definition) is 2. The molecular weight excluding hydrogens is 394 g/mol. The smallest absolute Gasteiger partial charge is 0.296 e. The van der Waals surface area contributed by atoms with E-state index in [2.05, 4.69) is 9.97 Å². The van der Waals surface area contributed by atoms with Crippen molar-refractivity contribution in [2.24, 2.45) is 0 Å². The molecule has 0 radical (unpaired) electrons. The third-order valence-corrected chi connectivity index (χ3v) is 5.62. The zero-order valence-electron chi connectivity index (χ0n) is 16.7. The van der Waals surface area contributed by atoms with Gasteiger partial charge in [0.05, 0.1) is 24.4 Å². The molecule has 0 saturated carbocycles. The molecule has 154 valence electrons. The quantitative estimate of drug-likeness (QED) is 0.298. The molecule has 1 aromatic carbocycles. The first-order chi connectivity index (χ1) is 15.1. The highest BCUT2D eigenvalue weighted by atomic mass is 16.3. The summed E-state index contributed by atoms with van der Waals surface area (Å²) in [4.78, 5) is 35.0. The van der Waals surface area contributed by atoms with Gasteiger partial charge in [0.1, 0.15) is 11.5 Å². The monoisotopic (exact) mass is 413 g/mol. The van der Waals surface area contributed by atoms with Crippen molar-refractivity contribution in [3.8, 4) is 0 Å². The van der Waals surface area contributed by atoms with Crippen LogP contribution in [-0.4, -0.2) is 31.7 Å². The number of carbonyl (C=O) groups is 2. The number of nitrogens with zero attached hydrogens (tertiary/aromatic N) is 2. The Kier molecular flexibility index (Phi) is 4.43. The number of aliphatic hydroxyl groups excluding tert-OH is 1. The molecule has 7 heteroatoms. The van der Waals surface area contributed by atoms with Crippen molar-refractivity contribution in [1.29, 1.82) is 0 Å². The Hall–Kier alpha value is -4.13. The number of fused-ring (bicyclic) bond motifs is 1. The molecule has 2 N–H and O–H groups in total. The van der Waals surface area contributed by atoms with Gasteiger partial charge in [-0.3, -0.25) is 14.6 Å². The van der Waals surface area contributed by atoms with Crippen LogP contribution < -0.4 is 0 Å². The highest BCUT2D eigenvalue weighted by Gasteiger charge is 2.47. The molecule has 0 aliphatic carbocycles. The predicted molar refractivity (Wildman–Crippen MR) is 114 cm³/mol. The third-order valence-electron chi connectivity index (χ3n) is 5.62. The van der Waals surface area contributed by atoms with E-state index in [0.29, 0.717) is 11.3 Å². The van der Waals surface area contributed by atoms with Crippen LogP contribution in [0, 0.1) is 6.92 Å². The van der Waals surface area contributed by atoms with E-state index in [1.807, 2.05) is 31.2 Å². The molecule has 4 aromatic rings. The SMILES string of the molecule is Cc1[nH]c2ccccc2c1C1/C(=C(\O)c2ccncc2)C(=O)C(=O)N1Cc1ccco1. The van der Waals surface area contributed by atoms with Crippen molar-refractivity contribution in [2.45, 2.75) is 19.5 Å². The molecule has 1 aliphatic rings. The van der Waals surface area contributed by atoms with Gasteiger partial charge in [-0.15, -0.1) is 0 Å². The Morgan fingerprint density at radius 3 is 2.65 bits per heavy atom. The summed E-state index contributed by atoms with van der Waals surface area (Å²) in [6.07, 6.45) is 4.58. The number of carbonyl (C=O) groups excluding carboxylic acids is 2. The first-order valence-electron chi connectivity index (χ1n) is 9.84. The lowest BCUT2D eigenvalue weighted by molar-refractivity contribution is -0.140. The van der Waals surface area contributed by atoms with Gasteiger partial charge in [-0.1, -0.05) is 18.2 Å². The van der Waals surface area contributed by atoms with Crippen LogP contribution in [0.3, 0.4) is 0 Å². The summed E-state index contributed by atoms with van der Waals surface area (Å²) in [5.41, 5.74) is 2.96. The number of H-pyrrole nitrogens is 1. The number of aliphatic hydroxyl groups is 1. The lowest BCUT2D eigenvalue weighted by Gasteiger charge is -2.25. The molecule has 1 aliphatic heterocycles. The fraction of sp³-hybridized carbons (Fsp3) is 0.125. The van der Waals surface area contributed by atoms with Crippen LogP contribution in [0.25, 0.3) is 16.7 Å². The topological polar surface area (TPSA) is 99.4 Å². The third kappa shape index (κ3) is 3.02. The van der Waals surface area contributed by atoms with Gasteiger partial charge in [-0.2, -0.15) is 0 Å². The second kappa shape index (κ2) is 7.28. The minimum Gasteiger partial charge on any atom is -0.507 e. The van der Waals surface area contributed by atoms with E-state index in [-0.39, 0.29) is 17.9 Å². The van der Waals surface area contributed by atoms with E-state index in [0.717, 1.165) is 22.2 Å². The molecule has 5 rings (SSSR count). The van der Waals surface area contributed by atoms with E-state index in [1.54, 1.807) is 24.3 Å². The van der Waals surface area contributed by atoms with Gasteiger partial charge in [0, 0.05) is 40.1 Å². The maximum absolute atomic E-state index is 13.1. The number of furan rings is 1. The van der Waals surface area contributed by atoms with Crippen molar-refractivity contribution in [3.63, 3.8) is 0 Å². The fourth-order valence-electron chi connectivity index (χ4n) is 4.23. The number of aromatic amines is 1. The molecule has 0 spiro atoms. The number of aromatic nitrogens is 2. The maximum Gasteiger partial charge on any atom is 0.296 e. The standard InChI is InChI=1S/C24H19N3O4/c1-14-19(17-6-2-3-7-18(17)26-14)21-20(22(28)15-8-10-25-11-9-15)23(29)24(30)27(21)13-16-5-4-12-31-16/h2-12,21,26,28H,13H2,1H3/b22-20+. The van der Waals surface area contributed by atoms with E-state index in [1.165, 1.54) is 23.6 Å². The van der Waals surface area contributed by atoms with Crippen molar-refractivity contribution in [3.05, 3.63) is 95.3 Å². The summed E-state index contributed by atoms with van der Waals surface area (Å²) < 4.78 is 5.44. The molecule has 31 heavy (non-hydrogen) atoms. The molecule has 1 atom stereocenters. The lowest BCUT2D eigenvalue weighted by atomic mass is 9.93. The van der Waals surface area contributed by atoms with Gasteiger partial charge in [-0.05, 0) is 37.3 Å². The first kappa shape index (κ1) is 18.9. The summed E-state index contributed by atoms with van der Waals surface area (Å²) in [6, 6.07) is 13.6. The maximum atomic E-state index is 13.1. The second-order valence-corrected chi connectivity index (χ2v) is 7.45. The summed E-state index contributed by atoms with van der Waals surface area (Å²) in [6.45, 7) is 2.00. The zero-order valence-corrected chi connectivity index (χ0v) is 16.7. The zero-order chi connectivity index (χ0) is 21.5. The molecule has 1 unspecified atom stereocenters. The van der Waals surface area contributed by atoms with Crippen molar-refractivity contribution in [1.82, 2.24) is 14.9 Å². The highest BCUT2D eigenvalue weighted by Crippen LogP contribution is 2.44. The predicted octanol–water partition coefficient (Wildman–Crippen LogP) is 4.09. The number of nitrogens with one attached hydrogen (secondary N) is 1. The minimum atomic E-state index is -0.769. The molecule has 3 aromatic heterocycles. The highest BCUT2D eigenvalue weighted by molar-refractivity contribution is 6.46. The van der Waals surface area contributed by atoms with E-state index < -0.39 is 17.7 Å². The van der Waals surface area contributed by atoms with Gasteiger partial charge in [0.15, 0.2) is 0 Å². The average molecular weight is 413 g/mol. The number of pyridine rings is 1. The van der Waals surface area contributed by atoms with Crippen LogP contribution >= 0.6 is 0 Å². The van der Waals surface area contributed by atoms with Crippen LogP contribution in [-0.2, 0) is 16.1 Å². The van der Waals surface area contributed by atoms with E-state index in [4.69, 9.17) is 4.42 Å². The summed E-state index contributed by atoms with van der Waals surface area (Å²) in [5.74, 6) is -1.08. The Morgan fingerprint density at radius 1 is 1.13 bits per heavy atom. The van der Waals surface area contributed by atoms with E-state index >= 15 is 0 Å². The summed E-state index contributed by atoms with van der Waals surface area (Å²) in [7, 11) is 0. The average Bonchev–Trinajstić information content (AvgIpc) is 3.47. The second-order valence-electron chi connectivity index (χ2n) is 7.45. The molecule has 1 fully saturated rings. The number of benzene rings is 1. The van der Waals surface area contributed by atoms with Crippen LogP contribution in [0.1, 0.15) is 28.6 Å². The molecule has 0 bridgehead atoms. The van der Waals surface area contributed by atoms with Gasteiger partial charge in [0.2, 0.25) is 0 Å². The van der Waals surface area contributed by atoms with Crippen molar-refractivity contribution in [2.75, 3.05) is 0 Å². The van der Waals surface area contributed by atoms with Crippen molar-refractivity contribution < 1.29 is 19.1 Å². The van der Waals surface area contributed by atoms with Crippen LogP contribution in [0.2, 0.25) is 0 Å². The number of Topliss-reactive ketones (excluding diaryl/α,β-unsaturated/α-hetero) is 1. The van der Waals surface area contributed by atoms with Gasteiger partial charge < -0.3 is 19.4 Å². The van der Waals surface area contributed by atoms with E-state index in [9.17, 15) is 14.7 Å². The van der Waals surface area contributed by atoms with Crippen LogP contribution in [0.5, 0.6) is 0 Å². The van der Waals surface area contributed by atoms with Crippen LogP contribution in [0.4, 0.5) is 0 Å². The Balaban J connectivity index is 1.76. The molecule has 4 heterocycles. The fourth-order valence-corrected chi connectivity index (χ4v) is 4.23. The number of amides is 1. The summed E-state index contributed by atoms with van der Waals surface area (Å²) >= 11 is 0. The number of aryl methyl sites for hydroxylation is 1. The number of para-hydroxylation sites is 1. The number of ketones is 1. The Morgan fingerprint density at radius 2 is 1.90 bits per heavy atom. The first-order valence-corrected chi connectivity index (χ1v) is 9.84. The minimum absolute atomic E-state index is 0.0515. The summed E-state index contributed by atoms with van der Waals surface area (Å²) in [5, 5.41) is 12.0. The van der Waals surface area contributed by atoms with Gasteiger partial charge >= 0.3 is 0 Å². The molecule has 7 nitrogen and oxygen atoms in total. The molecule has 1 amide bonds. The van der Waals surface area contributed by atoms with Crippen molar-refractivity contribution >= 4 is 28.4 Å². The van der Waals surface area contributed by atoms with Crippen LogP contribution in [0.15, 0.2) is 77.2 Å². The largest absolute Gasteiger partial charge is 0.507 e. The lowest BCUT2D eigenvalue weighted by Crippen LogP contribution is -2.29. The number of rotatable bonds is 4. The van der Waals surface area contributed by atoms with Gasteiger partial charge in [0.25, 0.3) is 11.7 Å². The molecular formula is C24H19N3O4.